The summed E-state index contributed by atoms with van der Waals surface area (Å²) in [6.07, 6.45) is 0. The zero-order chi connectivity index (χ0) is 18.1. The van der Waals surface area contributed by atoms with Crippen molar-refractivity contribution in [3.05, 3.63) is 82.9 Å². The van der Waals surface area contributed by atoms with Crippen LogP contribution in [0.3, 0.4) is 0 Å². The summed E-state index contributed by atoms with van der Waals surface area (Å²) in [7, 11) is 0. The molecule has 3 aromatic rings. The van der Waals surface area contributed by atoms with E-state index in [-0.39, 0.29) is 18.2 Å². The number of carbonyl (C=O) groups excluding carboxylic acids is 1. The Morgan fingerprint density at radius 1 is 1.04 bits per heavy atom. The number of hydrogen-bond donors (Lipinski definition) is 1. The van der Waals surface area contributed by atoms with E-state index in [1.165, 1.54) is 11.3 Å². The highest BCUT2D eigenvalue weighted by atomic mass is 32.1. The molecule has 1 N–H and O–H groups in total. The molecule has 5 heteroatoms. The van der Waals surface area contributed by atoms with Crippen molar-refractivity contribution < 1.29 is 14.6 Å². The number of thiophene rings is 1. The standard InChI is InChI=1S/C21H17NO3S/c1-14-11-19(26-13-14)22-12-18(23)20(21(22)24)15-7-9-17(10-8-15)25-16-5-3-2-4-6-16/h2-11,13,23H,12H2,1H3. The maximum absolute atomic E-state index is 12.8. The van der Waals surface area contributed by atoms with E-state index in [4.69, 9.17) is 4.74 Å². The lowest BCUT2D eigenvalue weighted by Crippen LogP contribution is -2.25. The Morgan fingerprint density at radius 2 is 1.73 bits per heavy atom. The number of para-hydroxylation sites is 1. The average molecular weight is 363 g/mol. The first-order chi connectivity index (χ1) is 12.6. The van der Waals surface area contributed by atoms with Crippen LogP contribution < -0.4 is 9.64 Å². The number of carbonyl (C=O) groups is 1. The number of benzene rings is 2. The van der Waals surface area contributed by atoms with Gasteiger partial charge in [-0.25, -0.2) is 0 Å². The fourth-order valence-corrected chi connectivity index (χ4v) is 3.80. The lowest BCUT2D eigenvalue weighted by Gasteiger charge is -2.13. The Bertz CT molecular complexity index is 974. The zero-order valence-corrected chi connectivity index (χ0v) is 15.0. The molecule has 0 bridgehead atoms. The van der Waals surface area contributed by atoms with E-state index in [1.807, 2.05) is 48.7 Å². The highest BCUT2D eigenvalue weighted by Crippen LogP contribution is 2.34. The normalized spacial score (nSPS) is 14.2. The van der Waals surface area contributed by atoms with Gasteiger partial charge in [0.15, 0.2) is 0 Å². The van der Waals surface area contributed by atoms with E-state index < -0.39 is 0 Å². The van der Waals surface area contributed by atoms with Gasteiger partial charge in [0.2, 0.25) is 0 Å². The largest absolute Gasteiger partial charge is 0.510 e. The number of aryl methyl sites for hydroxylation is 1. The molecule has 0 saturated carbocycles. The number of ether oxygens (including phenoxy) is 1. The smallest absolute Gasteiger partial charge is 0.263 e. The van der Waals surface area contributed by atoms with Gasteiger partial charge in [0.25, 0.3) is 5.91 Å². The molecule has 1 aliphatic heterocycles. The van der Waals surface area contributed by atoms with Gasteiger partial charge in [0.1, 0.15) is 17.3 Å². The minimum atomic E-state index is -0.180. The Balaban J connectivity index is 1.55. The number of anilines is 1. The Morgan fingerprint density at radius 3 is 2.38 bits per heavy atom. The van der Waals surface area contributed by atoms with Gasteiger partial charge < -0.3 is 9.84 Å². The van der Waals surface area contributed by atoms with Crippen molar-refractivity contribution in [3.63, 3.8) is 0 Å². The van der Waals surface area contributed by atoms with Crippen LogP contribution in [0.1, 0.15) is 11.1 Å². The molecule has 130 valence electrons. The van der Waals surface area contributed by atoms with E-state index in [0.717, 1.165) is 16.3 Å². The van der Waals surface area contributed by atoms with Crippen molar-refractivity contribution in [2.24, 2.45) is 0 Å². The number of rotatable bonds is 4. The minimum absolute atomic E-state index is 0.0952. The second-order valence-electron chi connectivity index (χ2n) is 6.11. The summed E-state index contributed by atoms with van der Waals surface area (Å²) in [6, 6.07) is 18.6. The summed E-state index contributed by atoms with van der Waals surface area (Å²) < 4.78 is 5.77. The van der Waals surface area contributed by atoms with Gasteiger partial charge in [-0.15, -0.1) is 11.3 Å². The molecule has 2 heterocycles. The molecule has 4 rings (SSSR count). The summed E-state index contributed by atoms with van der Waals surface area (Å²) in [5, 5.41) is 13.2. The Hall–Kier alpha value is -3.05. The monoisotopic (exact) mass is 363 g/mol. The van der Waals surface area contributed by atoms with Crippen LogP contribution >= 0.6 is 11.3 Å². The maximum atomic E-state index is 12.8. The van der Waals surface area contributed by atoms with Crippen LogP contribution in [0.5, 0.6) is 11.5 Å². The molecule has 0 unspecified atom stereocenters. The van der Waals surface area contributed by atoms with Crippen LogP contribution in [-0.2, 0) is 4.79 Å². The topological polar surface area (TPSA) is 49.8 Å². The molecule has 0 saturated heterocycles. The molecule has 1 aromatic heterocycles. The van der Waals surface area contributed by atoms with Crippen molar-refractivity contribution in [2.45, 2.75) is 6.92 Å². The van der Waals surface area contributed by atoms with Crippen molar-refractivity contribution in [1.29, 1.82) is 0 Å². The molecule has 2 aromatic carbocycles. The van der Waals surface area contributed by atoms with E-state index in [9.17, 15) is 9.90 Å². The second kappa shape index (κ2) is 6.69. The first-order valence-corrected chi connectivity index (χ1v) is 9.12. The van der Waals surface area contributed by atoms with Crippen LogP contribution in [0, 0.1) is 6.92 Å². The third-order valence-corrected chi connectivity index (χ3v) is 5.23. The first kappa shape index (κ1) is 16.4. The van der Waals surface area contributed by atoms with Crippen molar-refractivity contribution in [2.75, 3.05) is 11.4 Å². The quantitative estimate of drug-likeness (QED) is 0.696. The first-order valence-electron chi connectivity index (χ1n) is 8.24. The highest BCUT2D eigenvalue weighted by Gasteiger charge is 2.33. The lowest BCUT2D eigenvalue weighted by atomic mass is 10.1. The third kappa shape index (κ3) is 3.09. The van der Waals surface area contributed by atoms with Crippen molar-refractivity contribution >= 4 is 27.8 Å². The molecule has 1 amide bonds. The van der Waals surface area contributed by atoms with Crippen LogP contribution in [0.25, 0.3) is 5.57 Å². The van der Waals surface area contributed by atoms with Gasteiger partial charge in [0, 0.05) is 0 Å². The molecule has 1 aliphatic rings. The summed E-state index contributed by atoms with van der Waals surface area (Å²) in [4.78, 5) is 14.4. The van der Waals surface area contributed by atoms with E-state index >= 15 is 0 Å². The minimum Gasteiger partial charge on any atom is -0.510 e. The molecule has 0 radical (unpaired) electrons. The summed E-state index contributed by atoms with van der Waals surface area (Å²) in [5.74, 6) is 1.34. The molecular formula is C21H17NO3S. The van der Waals surface area contributed by atoms with Gasteiger partial charge in [-0.05, 0) is 53.8 Å². The predicted octanol–water partition coefficient (Wildman–Crippen LogP) is 5.16. The van der Waals surface area contributed by atoms with Gasteiger partial charge >= 0.3 is 0 Å². The van der Waals surface area contributed by atoms with E-state index in [2.05, 4.69) is 0 Å². The van der Waals surface area contributed by atoms with E-state index in [1.54, 1.807) is 29.2 Å². The number of aliphatic hydroxyl groups excluding tert-OH is 1. The summed E-state index contributed by atoms with van der Waals surface area (Å²) >= 11 is 1.50. The summed E-state index contributed by atoms with van der Waals surface area (Å²) in [5.41, 5.74) is 2.14. The fraction of sp³-hybridized carbons (Fsp3) is 0.0952. The van der Waals surface area contributed by atoms with E-state index in [0.29, 0.717) is 16.9 Å². The second-order valence-corrected chi connectivity index (χ2v) is 7.00. The Labute approximate surface area is 155 Å². The molecule has 0 spiro atoms. The molecule has 26 heavy (non-hydrogen) atoms. The number of aliphatic hydroxyl groups is 1. The average Bonchev–Trinajstić information content (AvgIpc) is 3.20. The number of amides is 1. The molecule has 0 atom stereocenters. The Kier molecular flexibility index (Phi) is 4.22. The van der Waals surface area contributed by atoms with Crippen molar-refractivity contribution in [1.82, 2.24) is 0 Å². The van der Waals surface area contributed by atoms with Gasteiger partial charge in [0.05, 0.1) is 17.1 Å². The fourth-order valence-electron chi connectivity index (χ4n) is 2.90. The number of nitrogens with zero attached hydrogens (tertiary/aromatic N) is 1. The predicted molar refractivity (Wildman–Crippen MR) is 104 cm³/mol. The van der Waals surface area contributed by atoms with Crippen LogP contribution in [0.4, 0.5) is 5.00 Å². The molecule has 0 aliphatic carbocycles. The molecule has 0 fully saturated rings. The lowest BCUT2D eigenvalue weighted by molar-refractivity contribution is -0.112. The SMILES string of the molecule is Cc1csc(N2CC(O)=C(c3ccc(Oc4ccccc4)cc3)C2=O)c1. The van der Waals surface area contributed by atoms with Gasteiger partial charge in [-0.3, -0.25) is 9.69 Å². The maximum Gasteiger partial charge on any atom is 0.263 e. The zero-order valence-electron chi connectivity index (χ0n) is 14.2. The van der Waals surface area contributed by atoms with Crippen LogP contribution in [0.15, 0.2) is 71.8 Å². The summed E-state index contributed by atoms with van der Waals surface area (Å²) in [6.45, 7) is 2.19. The third-order valence-electron chi connectivity index (χ3n) is 4.16. The highest BCUT2D eigenvalue weighted by molar-refractivity contribution is 7.14. The van der Waals surface area contributed by atoms with Crippen LogP contribution in [-0.4, -0.2) is 17.6 Å². The van der Waals surface area contributed by atoms with Crippen molar-refractivity contribution in [3.8, 4) is 11.5 Å². The van der Waals surface area contributed by atoms with Gasteiger partial charge in [-0.1, -0.05) is 30.3 Å². The molecular weight excluding hydrogens is 346 g/mol. The van der Waals surface area contributed by atoms with Crippen LogP contribution in [0.2, 0.25) is 0 Å². The number of hydrogen-bond acceptors (Lipinski definition) is 4. The molecule has 4 nitrogen and oxygen atoms in total. The van der Waals surface area contributed by atoms with Gasteiger partial charge in [-0.2, -0.15) is 0 Å².